The van der Waals surface area contributed by atoms with Gasteiger partial charge in [0.1, 0.15) is 5.82 Å². The molecule has 9 heteroatoms. The molecule has 4 rings (SSSR count). The first-order chi connectivity index (χ1) is 15.4. The second kappa shape index (κ2) is 9.44. The summed E-state index contributed by atoms with van der Waals surface area (Å²) in [4.78, 5) is 37.6. The lowest BCUT2D eigenvalue weighted by Gasteiger charge is -2.14. The minimum atomic E-state index is -0.646. The van der Waals surface area contributed by atoms with Crippen molar-refractivity contribution in [2.24, 2.45) is 0 Å². The first-order valence-electron chi connectivity index (χ1n) is 10.3. The number of Topliss-reactive ketones (excluding diaryl/α,β-unsaturated/α-hetero) is 1. The van der Waals surface area contributed by atoms with E-state index in [1.54, 1.807) is 28.9 Å². The topological polar surface area (TPSA) is 90.3 Å². The van der Waals surface area contributed by atoms with E-state index in [1.165, 1.54) is 30.4 Å². The molecule has 0 saturated carbocycles. The van der Waals surface area contributed by atoms with Crippen molar-refractivity contribution in [1.82, 2.24) is 15.1 Å². The van der Waals surface area contributed by atoms with Crippen LogP contribution in [0.2, 0.25) is 0 Å². The molecular weight excluding hydrogens is 433 g/mol. The van der Waals surface area contributed by atoms with Crippen LogP contribution < -0.4 is 5.32 Å². The Morgan fingerprint density at radius 1 is 1.12 bits per heavy atom. The monoisotopic (exact) mass is 455 g/mol. The Hall–Kier alpha value is -3.33. The van der Waals surface area contributed by atoms with E-state index in [4.69, 9.17) is 4.74 Å². The summed E-state index contributed by atoms with van der Waals surface area (Å²) in [5, 5.41) is 7.14. The number of ketones is 1. The molecule has 0 radical (unpaired) electrons. The number of ether oxygens (including phenoxy) is 1. The molecule has 0 fully saturated rings. The smallest absolute Gasteiger partial charge is 0.359 e. The van der Waals surface area contributed by atoms with E-state index in [1.807, 2.05) is 0 Å². The minimum absolute atomic E-state index is 0.149. The largest absolute Gasteiger partial charge is 0.452 e. The number of carbonyl (C=O) groups is 3. The molecule has 1 aromatic carbocycles. The van der Waals surface area contributed by atoms with Crippen LogP contribution in [0.25, 0.3) is 5.69 Å². The molecule has 2 aromatic heterocycles. The van der Waals surface area contributed by atoms with Crippen LogP contribution >= 0.6 is 11.3 Å². The predicted octanol–water partition coefficient (Wildman–Crippen LogP) is 3.63. The maximum atomic E-state index is 13.3. The number of nitrogens with zero attached hydrogens (tertiary/aromatic N) is 2. The van der Waals surface area contributed by atoms with Gasteiger partial charge < -0.3 is 10.1 Å². The fraction of sp³-hybridized carbons (Fsp3) is 0.304. The molecule has 32 heavy (non-hydrogen) atoms. The molecule has 2 heterocycles. The Labute approximate surface area is 188 Å². The SMILES string of the molecule is CC(=O)NCc1ccc(C(=O)COC(=O)c2nn(-c3ccc(F)cc3)c3c2CCCC3)s1. The average molecular weight is 456 g/mol. The second-order valence-electron chi connectivity index (χ2n) is 7.54. The summed E-state index contributed by atoms with van der Waals surface area (Å²) in [5.74, 6) is -1.46. The standard InChI is InChI=1S/C23H22FN3O4S/c1-14(28)25-12-17-10-11-21(32-17)20(29)13-31-23(30)22-18-4-2-3-5-19(18)27(26-22)16-8-6-15(24)7-9-16/h6-11H,2-5,12-13H2,1H3,(H,25,28). The lowest BCUT2D eigenvalue weighted by atomic mass is 9.95. The third-order valence-corrected chi connectivity index (χ3v) is 6.35. The number of benzene rings is 1. The highest BCUT2D eigenvalue weighted by Gasteiger charge is 2.27. The lowest BCUT2D eigenvalue weighted by Crippen LogP contribution is -2.18. The van der Waals surface area contributed by atoms with Gasteiger partial charge >= 0.3 is 5.97 Å². The highest BCUT2D eigenvalue weighted by molar-refractivity contribution is 7.14. The fourth-order valence-electron chi connectivity index (χ4n) is 3.66. The zero-order valence-corrected chi connectivity index (χ0v) is 18.3. The second-order valence-corrected chi connectivity index (χ2v) is 8.71. The van der Waals surface area contributed by atoms with Gasteiger partial charge in [-0.25, -0.2) is 13.9 Å². The van der Waals surface area contributed by atoms with E-state index in [0.717, 1.165) is 35.4 Å². The molecule has 0 bridgehead atoms. The number of thiophene rings is 1. The molecule has 1 aliphatic rings. The number of nitrogens with one attached hydrogen (secondary N) is 1. The fourth-order valence-corrected chi connectivity index (χ4v) is 4.54. The van der Waals surface area contributed by atoms with Gasteiger partial charge in [-0.3, -0.25) is 9.59 Å². The van der Waals surface area contributed by atoms with Crippen molar-refractivity contribution in [2.75, 3.05) is 6.61 Å². The van der Waals surface area contributed by atoms with E-state index >= 15 is 0 Å². The Kier molecular flexibility index (Phi) is 6.45. The normalized spacial score (nSPS) is 12.8. The van der Waals surface area contributed by atoms with Gasteiger partial charge in [0, 0.05) is 23.1 Å². The number of hydrogen-bond donors (Lipinski definition) is 1. The number of halogens is 1. The number of carbonyl (C=O) groups excluding carboxylic acids is 3. The predicted molar refractivity (Wildman–Crippen MR) is 117 cm³/mol. The molecule has 3 aromatic rings. The molecule has 1 amide bonds. The maximum Gasteiger partial charge on any atom is 0.359 e. The number of hydrogen-bond acceptors (Lipinski definition) is 6. The quantitative estimate of drug-likeness (QED) is 0.434. The third-order valence-electron chi connectivity index (χ3n) is 5.23. The zero-order chi connectivity index (χ0) is 22.7. The van der Waals surface area contributed by atoms with Crippen LogP contribution in [0, 0.1) is 5.82 Å². The van der Waals surface area contributed by atoms with Crippen LogP contribution in [-0.4, -0.2) is 34.0 Å². The summed E-state index contributed by atoms with van der Waals surface area (Å²) in [7, 11) is 0. The first kappa shape index (κ1) is 21.9. The van der Waals surface area contributed by atoms with E-state index < -0.39 is 12.6 Å². The van der Waals surface area contributed by atoms with E-state index in [-0.39, 0.29) is 23.2 Å². The van der Waals surface area contributed by atoms with E-state index in [2.05, 4.69) is 10.4 Å². The molecule has 0 unspecified atom stereocenters. The minimum Gasteiger partial charge on any atom is -0.452 e. The molecule has 0 atom stereocenters. The van der Waals surface area contributed by atoms with Gasteiger partial charge in [0.05, 0.1) is 17.1 Å². The van der Waals surface area contributed by atoms with Crippen LogP contribution in [-0.2, 0) is 28.9 Å². The molecule has 7 nitrogen and oxygen atoms in total. The lowest BCUT2D eigenvalue weighted by molar-refractivity contribution is -0.119. The molecule has 0 spiro atoms. The van der Waals surface area contributed by atoms with E-state index in [0.29, 0.717) is 23.5 Å². The van der Waals surface area contributed by atoms with Gasteiger partial charge in [0.25, 0.3) is 0 Å². The van der Waals surface area contributed by atoms with Crippen molar-refractivity contribution in [3.8, 4) is 5.69 Å². The van der Waals surface area contributed by atoms with Gasteiger partial charge in [-0.2, -0.15) is 5.10 Å². The van der Waals surface area contributed by atoms with Crippen LogP contribution in [0.5, 0.6) is 0 Å². The number of esters is 1. The summed E-state index contributed by atoms with van der Waals surface area (Å²) in [6.07, 6.45) is 3.38. The highest BCUT2D eigenvalue weighted by atomic mass is 32.1. The number of amides is 1. The molecule has 0 aliphatic heterocycles. The summed E-state index contributed by atoms with van der Waals surface area (Å²) >= 11 is 1.25. The third kappa shape index (κ3) is 4.77. The van der Waals surface area contributed by atoms with Crippen molar-refractivity contribution in [2.45, 2.75) is 39.2 Å². The zero-order valence-electron chi connectivity index (χ0n) is 17.5. The molecule has 166 valence electrons. The number of rotatable bonds is 7. The summed E-state index contributed by atoms with van der Waals surface area (Å²) in [5.41, 5.74) is 2.62. The van der Waals surface area contributed by atoms with Crippen molar-refractivity contribution < 1.29 is 23.5 Å². The van der Waals surface area contributed by atoms with Crippen molar-refractivity contribution in [1.29, 1.82) is 0 Å². The van der Waals surface area contributed by atoms with Gasteiger partial charge in [0.2, 0.25) is 11.7 Å². The van der Waals surface area contributed by atoms with Gasteiger partial charge in [-0.1, -0.05) is 0 Å². The van der Waals surface area contributed by atoms with Crippen LogP contribution in [0.4, 0.5) is 4.39 Å². The van der Waals surface area contributed by atoms with E-state index in [9.17, 15) is 18.8 Å². The Bertz CT molecular complexity index is 1170. The van der Waals surface area contributed by atoms with Gasteiger partial charge in [0.15, 0.2) is 12.3 Å². The van der Waals surface area contributed by atoms with Crippen LogP contribution in [0.3, 0.4) is 0 Å². The Balaban J connectivity index is 1.47. The van der Waals surface area contributed by atoms with Gasteiger partial charge in [-0.05, 0) is 62.1 Å². The Morgan fingerprint density at radius 2 is 1.88 bits per heavy atom. The summed E-state index contributed by atoms with van der Waals surface area (Å²) in [6, 6.07) is 9.35. The Morgan fingerprint density at radius 3 is 2.62 bits per heavy atom. The van der Waals surface area contributed by atoms with Crippen LogP contribution in [0.15, 0.2) is 36.4 Å². The molecular formula is C23H22FN3O4S. The number of fused-ring (bicyclic) bond motifs is 1. The summed E-state index contributed by atoms with van der Waals surface area (Å²) in [6.45, 7) is 1.38. The molecule has 1 aliphatic carbocycles. The highest BCUT2D eigenvalue weighted by Crippen LogP contribution is 2.27. The van der Waals surface area contributed by atoms with Crippen molar-refractivity contribution in [3.05, 3.63) is 68.9 Å². The number of aromatic nitrogens is 2. The maximum absolute atomic E-state index is 13.3. The molecule has 1 N–H and O–H groups in total. The molecule has 0 saturated heterocycles. The van der Waals surface area contributed by atoms with Crippen LogP contribution in [0.1, 0.15) is 56.1 Å². The van der Waals surface area contributed by atoms with Crippen molar-refractivity contribution in [3.63, 3.8) is 0 Å². The average Bonchev–Trinajstić information content (AvgIpc) is 3.42. The first-order valence-corrected chi connectivity index (χ1v) is 11.1. The van der Waals surface area contributed by atoms with Gasteiger partial charge in [-0.15, -0.1) is 11.3 Å². The summed E-state index contributed by atoms with van der Waals surface area (Å²) < 4.78 is 20.3. The van der Waals surface area contributed by atoms with Crippen molar-refractivity contribution >= 4 is 29.0 Å².